The highest BCUT2D eigenvalue weighted by Gasteiger charge is 2.39. The van der Waals surface area contributed by atoms with Crippen LogP contribution in [-0.2, 0) is 6.18 Å². The largest absolute Gasteiger partial charge is 0.490 e. The van der Waals surface area contributed by atoms with Crippen molar-refractivity contribution < 1.29 is 35.8 Å². The predicted molar refractivity (Wildman–Crippen MR) is 113 cm³/mol. The molecular weight excluding hydrogens is 534 g/mol. The summed E-state index contributed by atoms with van der Waals surface area (Å²) in [5.41, 5.74) is -2.39. The zero-order chi connectivity index (χ0) is 24.8. The van der Waals surface area contributed by atoms with E-state index in [1.54, 1.807) is 0 Å². The molecule has 0 aliphatic rings. The second kappa shape index (κ2) is 8.67. The molecule has 34 heavy (non-hydrogen) atoms. The smallest absolute Gasteiger partial charge is 0.420 e. The van der Waals surface area contributed by atoms with E-state index in [1.807, 2.05) is 0 Å². The summed E-state index contributed by atoms with van der Waals surface area (Å²) in [6, 6.07) is 4.59. The lowest BCUT2D eigenvalue weighted by atomic mass is 10.0. The second-order valence-electron chi connectivity index (χ2n) is 6.89. The van der Waals surface area contributed by atoms with Crippen LogP contribution in [0, 0.1) is 17.5 Å². The summed E-state index contributed by atoms with van der Waals surface area (Å²) < 4.78 is 92.6. The van der Waals surface area contributed by atoms with Crippen molar-refractivity contribution in [1.82, 2.24) is 9.97 Å². The average Bonchev–Trinajstić information content (AvgIpc) is 2.77. The van der Waals surface area contributed by atoms with Crippen LogP contribution in [0.15, 0.2) is 52.0 Å². The molecule has 0 atom stereocenters. The standard InChI is InChI=1S/C22H11BrF6N2O3/c1-33-21-16(3-2-11(24)19(21)26)34-20-9(6-12(25)17(18(20)23)22(27,28)29)14-7-15(32)10-8-30-5-4-13(10)31-14/h2-8H,1H3,(H,31,32). The maximum Gasteiger partial charge on any atom is 0.420 e. The molecule has 0 unspecified atom stereocenters. The number of fused-ring (bicyclic) bond motifs is 1. The van der Waals surface area contributed by atoms with Crippen molar-refractivity contribution in [2.24, 2.45) is 0 Å². The molecule has 176 valence electrons. The number of nitrogens with one attached hydrogen (secondary N) is 1. The van der Waals surface area contributed by atoms with Gasteiger partial charge in [-0.1, -0.05) is 0 Å². The summed E-state index contributed by atoms with van der Waals surface area (Å²) >= 11 is 2.73. The minimum atomic E-state index is -5.14. The third kappa shape index (κ3) is 4.09. The second-order valence-corrected chi connectivity index (χ2v) is 7.68. The van der Waals surface area contributed by atoms with E-state index in [-0.39, 0.29) is 22.2 Å². The molecule has 2 heterocycles. The van der Waals surface area contributed by atoms with Crippen molar-refractivity contribution in [3.8, 4) is 28.5 Å². The van der Waals surface area contributed by atoms with Gasteiger partial charge in [0, 0.05) is 24.0 Å². The van der Waals surface area contributed by atoms with E-state index in [2.05, 4.69) is 25.9 Å². The maximum atomic E-state index is 14.6. The van der Waals surface area contributed by atoms with Crippen LogP contribution < -0.4 is 14.9 Å². The highest BCUT2D eigenvalue weighted by molar-refractivity contribution is 9.10. The van der Waals surface area contributed by atoms with Crippen LogP contribution in [0.5, 0.6) is 17.2 Å². The Morgan fingerprint density at radius 1 is 1.03 bits per heavy atom. The number of alkyl halides is 3. The van der Waals surface area contributed by atoms with Crippen molar-refractivity contribution in [3.05, 3.63) is 80.4 Å². The first-order valence-corrected chi connectivity index (χ1v) is 10.1. The molecule has 0 aliphatic heterocycles. The number of ether oxygens (including phenoxy) is 2. The number of halogens is 7. The van der Waals surface area contributed by atoms with Gasteiger partial charge >= 0.3 is 6.18 Å². The van der Waals surface area contributed by atoms with Gasteiger partial charge in [-0.25, -0.2) is 8.78 Å². The van der Waals surface area contributed by atoms with Gasteiger partial charge < -0.3 is 14.5 Å². The van der Waals surface area contributed by atoms with Crippen molar-refractivity contribution in [2.45, 2.75) is 6.18 Å². The molecule has 12 heteroatoms. The molecule has 4 aromatic rings. The Balaban J connectivity index is 2.02. The lowest BCUT2D eigenvalue weighted by Crippen LogP contribution is -2.11. The quantitative estimate of drug-likeness (QED) is 0.294. The SMILES string of the molecule is COc1c(Oc2c(-c3cc(=O)c4cnccc4[nH]3)cc(F)c(C(F)(F)F)c2Br)ccc(F)c1F. The van der Waals surface area contributed by atoms with Crippen molar-refractivity contribution in [2.75, 3.05) is 7.11 Å². The zero-order valence-corrected chi connectivity index (χ0v) is 18.4. The number of hydrogen-bond donors (Lipinski definition) is 1. The van der Waals surface area contributed by atoms with Crippen LogP contribution in [-0.4, -0.2) is 17.1 Å². The Kier molecular flexibility index (Phi) is 6.02. The van der Waals surface area contributed by atoms with Crippen LogP contribution in [0.4, 0.5) is 26.3 Å². The van der Waals surface area contributed by atoms with Crippen LogP contribution >= 0.6 is 15.9 Å². The van der Waals surface area contributed by atoms with Crippen LogP contribution in [0.1, 0.15) is 5.56 Å². The first kappa shape index (κ1) is 23.6. The number of H-pyrrole nitrogens is 1. The van der Waals surface area contributed by atoms with Gasteiger partial charge in [-0.05, 0) is 40.2 Å². The van der Waals surface area contributed by atoms with Crippen molar-refractivity contribution >= 4 is 26.8 Å². The number of nitrogens with zero attached hydrogens (tertiary/aromatic N) is 1. The van der Waals surface area contributed by atoms with E-state index in [1.165, 1.54) is 18.5 Å². The van der Waals surface area contributed by atoms with Gasteiger partial charge in [0.05, 0.1) is 28.2 Å². The molecule has 0 spiro atoms. The molecule has 0 amide bonds. The van der Waals surface area contributed by atoms with E-state index < -0.39 is 56.3 Å². The Bertz CT molecular complexity index is 1490. The van der Waals surface area contributed by atoms with E-state index in [9.17, 15) is 31.1 Å². The van der Waals surface area contributed by atoms with Crippen LogP contribution in [0.3, 0.4) is 0 Å². The molecule has 0 bridgehead atoms. The summed E-state index contributed by atoms with van der Waals surface area (Å²) in [6.07, 6.45) is -2.49. The highest BCUT2D eigenvalue weighted by Crippen LogP contribution is 2.48. The maximum absolute atomic E-state index is 14.6. The van der Waals surface area contributed by atoms with Gasteiger partial charge in [-0.15, -0.1) is 0 Å². The minimum absolute atomic E-state index is 0.103. The molecule has 0 saturated carbocycles. The molecule has 4 rings (SSSR count). The zero-order valence-electron chi connectivity index (χ0n) is 16.9. The highest BCUT2D eigenvalue weighted by atomic mass is 79.9. The Morgan fingerprint density at radius 2 is 1.76 bits per heavy atom. The third-order valence-corrected chi connectivity index (χ3v) is 5.56. The number of pyridine rings is 2. The number of methoxy groups -OCH3 is 1. The van der Waals surface area contributed by atoms with Crippen molar-refractivity contribution in [1.29, 1.82) is 0 Å². The minimum Gasteiger partial charge on any atom is -0.490 e. The molecule has 0 aliphatic carbocycles. The third-order valence-electron chi connectivity index (χ3n) is 4.81. The number of rotatable bonds is 4. The lowest BCUT2D eigenvalue weighted by Gasteiger charge is -2.19. The molecule has 1 N–H and O–H groups in total. The van der Waals surface area contributed by atoms with E-state index in [4.69, 9.17) is 9.47 Å². The summed E-state index contributed by atoms with van der Waals surface area (Å²) in [4.78, 5) is 19.2. The summed E-state index contributed by atoms with van der Waals surface area (Å²) in [6.45, 7) is 0. The fourth-order valence-corrected chi connectivity index (χ4v) is 4.00. The number of aromatic amines is 1. The van der Waals surface area contributed by atoms with Crippen LogP contribution in [0.2, 0.25) is 0 Å². The predicted octanol–water partition coefficient (Wildman–Crippen LogP) is 6.59. The monoisotopic (exact) mass is 544 g/mol. The molecule has 2 aromatic heterocycles. The van der Waals surface area contributed by atoms with Gasteiger partial charge in [0.15, 0.2) is 22.7 Å². The van der Waals surface area contributed by atoms with Crippen LogP contribution in [0.25, 0.3) is 22.2 Å². The topological polar surface area (TPSA) is 64.2 Å². The Morgan fingerprint density at radius 3 is 2.44 bits per heavy atom. The number of benzene rings is 2. The molecule has 0 radical (unpaired) electrons. The van der Waals surface area contributed by atoms with Gasteiger partial charge in [0.25, 0.3) is 0 Å². The summed E-state index contributed by atoms with van der Waals surface area (Å²) in [5.74, 6) is -6.23. The van der Waals surface area contributed by atoms with Gasteiger partial charge in [-0.2, -0.15) is 17.6 Å². The molecule has 0 saturated heterocycles. The fourth-order valence-electron chi connectivity index (χ4n) is 3.29. The first-order chi connectivity index (χ1) is 16.0. The average molecular weight is 545 g/mol. The lowest BCUT2D eigenvalue weighted by molar-refractivity contribution is -0.140. The fraction of sp³-hybridized carbons (Fsp3) is 0.0909. The molecular formula is C22H11BrF6N2O3. The van der Waals surface area contributed by atoms with Gasteiger partial charge in [-0.3, -0.25) is 9.78 Å². The van der Waals surface area contributed by atoms with Gasteiger partial charge in [0.2, 0.25) is 11.6 Å². The molecule has 0 fully saturated rings. The first-order valence-electron chi connectivity index (χ1n) is 9.29. The summed E-state index contributed by atoms with van der Waals surface area (Å²) in [5, 5.41) is 0.183. The van der Waals surface area contributed by atoms with E-state index >= 15 is 0 Å². The normalized spacial score (nSPS) is 11.6. The molecule has 2 aromatic carbocycles. The Labute approximate surface area is 195 Å². The summed E-state index contributed by atoms with van der Waals surface area (Å²) in [7, 11) is 1.00. The molecule has 5 nitrogen and oxygen atoms in total. The van der Waals surface area contributed by atoms with Gasteiger partial charge in [0.1, 0.15) is 11.4 Å². The Hall–Kier alpha value is -3.54. The van der Waals surface area contributed by atoms with E-state index in [0.29, 0.717) is 12.1 Å². The van der Waals surface area contributed by atoms with E-state index in [0.717, 1.165) is 19.2 Å². The number of aromatic nitrogens is 2. The van der Waals surface area contributed by atoms with Crippen molar-refractivity contribution in [3.63, 3.8) is 0 Å². The number of hydrogen-bond acceptors (Lipinski definition) is 4.